The molecule has 2 N–H and O–H groups in total. The van der Waals surface area contributed by atoms with Crippen LogP contribution in [-0.2, 0) is 4.79 Å². The van der Waals surface area contributed by atoms with E-state index in [-0.39, 0.29) is 17.7 Å². The maximum atomic E-state index is 11.5. The van der Waals surface area contributed by atoms with Crippen LogP contribution in [-0.4, -0.2) is 5.91 Å². The highest BCUT2D eigenvalue weighted by Gasteiger charge is 2.22. The zero-order chi connectivity index (χ0) is 12.6. The molecule has 2 rings (SSSR count). The molecule has 1 amide bonds. The van der Waals surface area contributed by atoms with Crippen molar-refractivity contribution < 1.29 is 9.21 Å². The van der Waals surface area contributed by atoms with E-state index >= 15 is 0 Å². The standard InChI is InChI=1S/C14H17NO2/c1-8(2)13(14(15)16)10-4-5-12-11(7-10)6-9(3)17-12/h4-8,13H,1-3H3,(H2,15,16). The van der Waals surface area contributed by atoms with Crippen LogP contribution in [0.15, 0.2) is 28.7 Å². The van der Waals surface area contributed by atoms with Crippen LogP contribution in [0.5, 0.6) is 0 Å². The van der Waals surface area contributed by atoms with Crippen LogP contribution in [0.4, 0.5) is 0 Å². The number of fused-ring (bicyclic) bond motifs is 1. The third kappa shape index (κ3) is 2.18. The summed E-state index contributed by atoms with van der Waals surface area (Å²) in [6.45, 7) is 5.91. The molecule has 0 aliphatic rings. The van der Waals surface area contributed by atoms with E-state index in [1.165, 1.54) is 0 Å². The van der Waals surface area contributed by atoms with Crippen LogP contribution < -0.4 is 5.73 Å². The van der Waals surface area contributed by atoms with Crippen molar-refractivity contribution in [3.63, 3.8) is 0 Å². The van der Waals surface area contributed by atoms with Gasteiger partial charge in [0.05, 0.1) is 5.92 Å². The summed E-state index contributed by atoms with van der Waals surface area (Å²) in [5.74, 6) is 0.546. The summed E-state index contributed by atoms with van der Waals surface area (Å²) in [7, 11) is 0. The number of rotatable bonds is 3. The normalized spacial score (nSPS) is 13.2. The van der Waals surface area contributed by atoms with Gasteiger partial charge in [-0.05, 0) is 36.6 Å². The fourth-order valence-corrected chi connectivity index (χ4v) is 2.27. The monoisotopic (exact) mass is 231 g/mol. The van der Waals surface area contributed by atoms with Gasteiger partial charge in [0.1, 0.15) is 11.3 Å². The van der Waals surface area contributed by atoms with Crippen molar-refractivity contribution in [1.29, 1.82) is 0 Å². The van der Waals surface area contributed by atoms with Gasteiger partial charge >= 0.3 is 0 Å². The van der Waals surface area contributed by atoms with Crippen molar-refractivity contribution >= 4 is 16.9 Å². The number of hydrogen-bond donors (Lipinski definition) is 1. The van der Waals surface area contributed by atoms with Crippen LogP contribution >= 0.6 is 0 Å². The zero-order valence-electron chi connectivity index (χ0n) is 10.4. The van der Waals surface area contributed by atoms with Crippen molar-refractivity contribution in [2.45, 2.75) is 26.7 Å². The molecule has 0 radical (unpaired) electrons. The van der Waals surface area contributed by atoms with E-state index in [9.17, 15) is 4.79 Å². The number of carbonyl (C=O) groups excluding carboxylic acids is 1. The molecule has 0 spiro atoms. The molecule has 0 aliphatic heterocycles. The number of hydrogen-bond acceptors (Lipinski definition) is 2. The molecule has 0 bridgehead atoms. The van der Waals surface area contributed by atoms with Crippen molar-refractivity contribution in [2.75, 3.05) is 0 Å². The highest BCUT2D eigenvalue weighted by Crippen LogP contribution is 2.28. The van der Waals surface area contributed by atoms with Gasteiger partial charge in [0.15, 0.2) is 0 Å². The largest absolute Gasteiger partial charge is 0.461 e. The molecule has 17 heavy (non-hydrogen) atoms. The molecule has 1 aromatic carbocycles. The summed E-state index contributed by atoms with van der Waals surface area (Å²) in [6.07, 6.45) is 0. The van der Waals surface area contributed by atoms with Crippen LogP contribution in [0, 0.1) is 12.8 Å². The lowest BCUT2D eigenvalue weighted by molar-refractivity contribution is -0.120. The van der Waals surface area contributed by atoms with Crippen LogP contribution in [0.3, 0.4) is 0 Å². The Balaban J connectivity index is 2.50. The molecule has 0 saturated heterocycles. The lowest BCUT2D eigenvalue weighted by Crippen LogP contribution is -2.25. The van der Waals surface area contributed by atoms with E-state index in [1.54, 1.807) is 0 Å². The highest BCUT2D eigenvalue weighted by atomic mass is 16.3. The second-order valence-electron chi connectivity index (χ2n) is 4.78. The third-order valence-corrected chi connectivity index (χ3v) is 3.00. The molecule has 1 atom stereocenters. The molecule has 0 aliphatic carbocycles. The quantitative estimate of drug-likeness (QED) is 0.882. The van der Waals surface area contributed by atoms with Gasteiger partial charge in [-0.1, -0.05) is 19.9 Å². The molecule has 1 heterocycles. The number of furan rings is 1. The van der Waals surface area contributed by atoms with Crippen molar-refractivity contribution in [1.82, 2.24) is 0 Å². The van der Waals surface area contributed by atoms with Gasteiger partial charge in [0.25, 0.3) is 0 Å². The number of amides is 1. The Labute approximate surface area is 101 Å². The van der Waals surface area contributed by atoms with E-state index in [2.05, 4.69) is 0 Å². The number of benzene rings is 1. The first-order valence-corrected chi connectivity index (χ1v) is 5.78. The van der Waals surface area contributed by atoms with E-state index in [4.69, 9.17) is 10.2 Å². The smallest absolute Gasteiger partial charge is 0.225 e. The number of carbonyl (C=O) groups is 1. The van der Waals surface area contributed by atoms with Crippen molar-refractivity contribution in [3.8, 4) is 0 Å². The Morgan fingerprint density at radius 3 is 2.59 bits per heavy atom. The van der Waals surface area contributed by atoms with Gasteiger partial charge in [0.2, 0.25) is 5.91 Å². The molecule has 2 aromatic rings. The fourth-order valence-electron chi connectivity index (χ4n) is 2.27. The number of aryl methyl sites for hydroxylation is 1. The lowest BCUT2D eigenvalue weighted by atomic mass is 9.87. The lowest BCUT2D eigenvalue weighted by Gasteiger charge is -2.17. The molecular weight excluding hydrogens is 214 g/mol. The first-order chi connectivity index (χ1) is 7.99. The third-order valence-electron chi connectivity index (χ3n) is 3.00. The number of nitrogens with two attached hydrogens (primary N) is 1. The summed E-state index contributed by atoms with van der Waals surface area (Å²) in [5.41, 5.74) is 7.26. The second kappa shape index (κ2) is 4.24. The molecule has 0 fully saturated rings. The SMILES string of the molecule is Cc1cc2cc(C(C(N)=O)C(C)C)ccc2o1. The average molecular weight is 231 g/mol. The number of primary amides is 1. The molecule has 0 saturated carbocycles. The molecular formula is C14H17NO2. The predicted molar refractivity (Wildman–Crippen MR) is 67.7 cm³/mol. The van der Waals surface area contributed by atoms with Crippen LogP contribution in [0.25, 0.3) is 11.0 Å². The zero-order valence-corrected chi connectivity index (χ0v) is 10.4. The molecule has 1 aromatic heterocycles. The van der Waals surface area contributed by atoms with Crippen LogP contribution in [0.2, 0.25) is 0 Å². The van der Waals surface area contributed by atoms with Gasteiger partial charge in [-0.15, -0.1) is 0 Å². The molecule has 90 valence electrons. The average Bonchev–Trinajstić information content (AvgIpc) is 2.56. The van der Waals surface area contributed by atoms with Gasteiger partial charge in [0, 0.05) is 5.39 Å². The highest BCUT2D eigenvalue weighted by molar-refractivity contribution is 5.85. The summed E-state index contributed by atoms with van der Waals surface area (Å²) in [5, 5.41) is 1.02. The van der Waals surface area contributed by atoms with Gasteiger partial charge in [-0.2, -0.15) is 0 Å². The van der Waals surface area contributed by atoms with E-state index in [1.807, 2.05) is 45.0 Å². The summed E-state index contributed by atoms with van der Waals surface area (Å²) in [4.78, 5) is 11.5. The summed E-state index contributed by atoms with van der Waals surface area (Å²) < 4.78 is 5.51. The van der Waals surface area contributed by atoms with Crippen LogP contribution in [0.1, 0.15) is 31.1 Å². The Kier molecular flexibility index (Phi) is 2.92. The maximum absolute atomic E-state index is 11.5. The predicted octanol–water partition coefficient (Wildman–Crippen LogP) is 2.97. The van der Waals surface area contributed by atoms with E-state index < -0.39 is 0 Å². The fraction of sp³-hybridized carbons (Fsp3) is 0.357. The van der Waals surface area contributed by atoms with Crippen molar-refractivity contribution in [3.05, 3.63) is 35.6 Å². The molecule has 3 nitrogen and oxygen atoms in total. The Hall–Kier alpha value is -1.77. The van der Waals surface area contributed by atoms with Gasteiger partial charge in [-0.25, -0.2) is 0 Å². The minimum atomic E-state index is -0.278. The summed E-state index contributed by atoms with van der Waals surface area (Å²) in [6, 6.07) is 7.77. The molecule has 1 unspecified atom stereocenters. The first kappa shape index (κ1) is 11.7. The minimum absolute atomic E-state index is 0.193. The summed E-state index contributed by atoms with van der Waals surface area (Å²) >= 11 is 0. The Morgan fingerprint density at radius 1 is 1.29 bits per heavy atom. The second-order valence-corrected chi connectivity index (χ2v) is 4.78. The Morgan fingerprint density at radius 2 is 2.00 bits per heavy atom. The first-order valence-electron chi connectivity index (χ1n) is 5.78. The maximum Gasteiger partial charge on any atom is 0.225 e. The minimum Gasteiger partial charge on any atom is -0.461 e. The Bertz CT molecular complexity index is 554. The molecule has 3 heteroatoms. The van der Waals surface area contributed by atoms with Crippen molar-refractivity contribution in [2.24, 2.45) is 11.7 Å². The topological polar surface area (TPSA) is 56.2 Å². The van der Waals surface area contributed by atoms with Gasteiger partial charge < -0.3 is 10.2 Å². The van der Waals surface area contributed by atoms with E-state index in [0.29, 0.717) is 0 Å². The van der Waals surface area contributed by atoms with E-state index in [0.717, 1.165) is 22.3 Å². The van der Waals surface area contributed by atoms with Gasteiger partial charge in [-0.3, -0.25) is 4.79 Å².